The van der Waals surface area contributed by atoms with Gasteiger partial charge in [0.2, 0.25) is 0 Å². The molecular formula is C18H32N6O. The van der Waals surface area contributed by atoms with Gasteiger partial charge in [-0.1, -0.05) is 6.92 Å². The van der Waals surface area contributed by atoms with E-state index in [2.05, 4.69) is 32.1 Å². The molecule has 25 heavy (non-hydrogen) atoms. The average molecular weight is 348 g/mol. The SMILES string of the molecule is CCCN1CCC(CNC(=NC)N2CCOC(c3cnn(C)c3)C2)C1. The van der Waals surface area contributed by atoms with Crippen LogP contribution in [0.25, 0.3) is 0 Å². The Morgan fingerprint density at radius 1 is 1.40 bits per heavy atom. The van der Waals surface area contributed by atoms with Crippen LogP contribution in [0.4, 0.5) is 0 Å². The van der Waals surface area contributed by atoms with E-state index in [1.165, 1.54) is 32.5 Å². The van der Waals surface area contributed by atoms with Gasteiger partial charge in [-0.3, -0.25) is 9.67 Å². The second-order valence-electron chi connectivity index (χ2n) is 7.14. The zero-order valence-electron chi connectivity index (χ0n) is 15.8. The molecule has 7 nitrogen and oxygen atoms in total. The molecule has 0 amide bonds. The van der Waals surface area contributed by atoms with Crippen molar-refractivity contribution in [3.05, 3.63) is 18.0 Å². The topological polar surface area (TPSA) is 57.9 Å². The lowest BCUT2D eigenvalue weighted by atomic mass is 10.1. The Morgan fingerprint density at radius 2 is 2.28 bits per heavy atom. The van der Waals surface area contributed by atoms with Gasteiger partial charge in [0, 0.05) is 45.5 Å². The first-order valence-electron chi connectivity index (χ1n) is 9.47. The van der Waals surface area contributed by atoms with Crippen molar-refractivity contribution in [2.75, 3.05) is 52.9 Å². The molecule has 2 unspecified atom stereocenters. The van der Waals surface area contributed by atoms with Crippen molar-refractivity contribution in [3.8, 4) is 0 Å². The number of hydrogen-bond donors (Lipinski definition) is 1. The van der Waals surface area contributed by atoms with Gasteiger partial charge in [0.05, 0.1) is 19.3 Å². The molecule has 1 aromatic rings. The normalized spacial score (nSPS) is 25.6. The van der Waals surface area contributed by atoms with Gasteiger partial charge in [-0.25, -0.2) is 0 Å². The van der Waals surface area contributed by atoms with Crippen molar-refractivity contribution in [2.45, 2.75) is 25.9 Å². The maximum absolute atomic E-state index is 5.94. The van der Waals surface area contributed by atoms with Crippen LogP contribution in [-0.2, 0) is 11.8 Å². The van der Waals surface area contributed by atoms with E-state index in [0.29, 0.717) is 6.61 Å². The molecule has 0 spiro atoms. The number of likely N-dealkylation sites (tertiary alicyclic amines) is 1. The molecule has 1 N–H and O–H groups in total. The van der Waals surface area contributed by atoms with Crippen LogP contribution in [-0.4, -0.2) is 78.5 Å². The zero-order chi connectivity index (χ0) is 17.6. The molecule has 0 bridgehead atoms. The first-order chi connectivity index (χ1) is 12.2. The van der Waals surface area contributed by atoms with E-state index in [1.54, 1.807) is 0 Å². The summed E-state index contributed by atoms with van der Waals surface area (Å²) >= 11 is 0. The summed E-state index contributed by atoms with van der Waals surface area (Å²) in [6, 6.07) is 0. The number of ether oxygens (including phenoxy) is 1. The third-order valence-corrected chi connectivity index (χ3v) is 5.13. The van der Waals surface area contributed by atoms with Gasteiger partial charge in [-0.15, -0.1) is 0 Å². The van der Waals surface area contributed by atoms with E-state index in [1.807, 2.05) is 31.2 Å². The van der Waals surface area contributed by atoms with Crippen LogP contribution in [0, 0.1) is 5.92 Å². The molecule has 2 saturated heterocycles. The lowest BCUT2D eigenvalue weighted by Crippen LogP contribution is -2.49. The predicted molar refractivity (Wildman–Crippen MR) is 99.7 cm³/mol. The number of nitrogens with zero attached hydrogens (tertiary/aromatic N) is 5. The minimum Gasteiger partial charge on any atom is -0.370 e. The summed E-state index contributed by atoms with van der Waals surface area (Å²) in [7, 11) is 3.81. The van der Waals surface area contributed by atoms with Crippen LogP contribution in [0.1, 0.15) is 31.4 Å². The number of aromatic nitrogens is 2. The Kier molecular flexibility index (Phi) is 6.31. The van der Waals surface area contributed by atoms with Gasteiger partial charge in [0.15, 0.2) is 5.96 Å². The molecule has 1 aromatic heterocycles. The van der Waals surface area contributed by atoms with Crippen molar-refractivity contribution < 1.29 is 4.74 Å². The molecule has 0 radical (unpaired) electrons. The van der Waals surface area contributed by atoms with Crippen LogP contribution in [0.3, 0.4) is 0 Å². The fourth-order valence-electron chi connectivity index (χ4n) is 3.82. The van der Waals surface area contributed by atoms with Gasteiger partial charge >= 0.3 is 0 Å². The van der Waals surface area contributed by atoms with Crippen molar-refractivity contribution in [2.24, 2.45) is 18.0 Å². The molecule has 2 aliphatic heterocycles. The first-order valence-corrected chi connectivity index (χ1v) is 9.47. The Hall–Kier alpha value is -1.60. The number of morpholine rings is 1. The van der Waals surface area contributed by atoms with Gasteiger partial charge < -0.3 is 19.9 Å². The van der Waals surface area contributed by atoms with E-state index in [4.69, 9.17) is 4.74 Å². The smallest absolute Gasteiger partial charge is 0.193 e. The molecule has 0 aromatic carbocycles. The van der Waals surface area contributed by atoms with Crippen molar-refractivity contribution in [1.82, 2.24) is 24.9 Å². The summed E-state index contributed by atoms with van der Waals surface area (Å²) in [5, 5.41) is 7.85. The van der Waals surface area contributed by atoms with Gasteiger partial charge in [0.25, 0.3) is 0 Å². The number of rotatable bonds is 5. The monoisotopic (exact) mass is 348 g/mol. The molecular weight excluding hydrogens is 316 g/mol. The minimum atomic E-state index is 0.0625. The summed E-state index contributed by atoms with van der Waals surface area (Å²) < 4.78 is 7.76. The molecule has 0 saturated carbocycles. The highest BCUT2D eigenvalue weighted by Gasteiger charge is 2.26. The fraction of sp³-hybridized carbons (Fsp3) is 0.778. The lowest BCUT2D eigenvalue weighted by Gasteiger charge is -2.35. The molecule has 7 heteroatoms. The summed E-state index contributed by atoms with van der Waals surface area (Å²) in [5.41, 5.74) is 1.13. The van der Waals surface area contributed by atoms with Crippen molar-refractivity contribution in [1.29, 1.82) is 0 Å². The summed E-state index contributed by atoms with van der Waals surface area (Å²) in [5.74, 6) is 1.71. The second-order valence-corrected chi connectivity index (χ2v) is 7.14. The number of aliphatic imine (C=N–C) groups is 1. The van der Waals surface area contributed by atoms with Crippen LogP contribution in [0.2, 0.25) is 0 Å². The summed E-state index contributed by atoms with van der Waals surface area (Å²) in [6.45, 7) is 9.33. The quantitative estimate of drug-likeness (QED) is 0.638. The molecule has 3 heterocycles. The van der Waals surface area contributed by atoms with Crippen LogP contribution in [0.5, 0.6) is 0 Å². The van der Waals surface area contributed by atoms with Crippen LogP contribution >= 0.6 is 0 Å². The molecule has 2 aliphatic rings. The van der Waals surface area contributed by atoms with E-state index in [-0.39, 0.29) is 6.10 Å². The zero-order valence-corrected chi connectivity index (χ0v) is 15.8. The standard InChI is InChI=1S/C18H32N6O/c1-4-6-23-7-5-15(12-23)10-20-18(19-2)24-8-9-25-17(14-24)16-11-21-22(3)13-16/h11,13,15,17H,4-10,12,14H2,1-3H3,(H,19,20). The largest absolute Gasteiger partial charge is 0.370 e. The third kappa shape index (κ3) is 4.73. The van der Waals surface area contributed by atoms with Gasteiger partial charge in [-0.05, 0) is 31.8 Å². The fourth-order valence-corrected chi connectivity index (χ4v) is 3.82. The molecule has 140 valence electrons. The van der Waals surface area contributed by atoms with Crippen molar-refractivity contribution in [3.63, 3.8) is 0 Å². The van der Waals surface area contributed by atoms with Gasteiger partial charge in [-0.2, -0.15) is 5.10 Å². The molecule has 0 aliphatic carbocycles. The summed E-state index contributed by atoms with van der Waals surface area (Å²) in [4.78, 5) is 9.38. The van der Waals surface area contributed by atoms with E-state index >= 15 is 0 Å². The van der Waals surface area contributed by atoms with Crippen molar-refractivity contribution >= 4 is 5.96 Å². The number of nitrogens with one attached hydrogen (secondary N) is 1. The number of aryl methyl sites for hydroxylation is 1. The Labute approximate surface area is 151 Å². The maximum atomic E-state index is 5.94. The average Bonchev–Trinajstić information content (AvgIpc) is 3.25. The Bertz CT molecular complexity index is 572. The third-order valence-electron chi connectivity index (χ3n) is 5.13. The minimum absolute atomic E-state index is 0.0625. The predicted octanol–water partition coefficient (Wildman–Crippen LogP) is 1.10. The van der Waals surface area contributed by atoms with Crippen LogP contribution < -0.4 is 5.32 Å². The van der Waals surface area contributed by atoms with E-state index in [9.17, 15) is 0 Å². The second kappa shape index (κ2) is 8.67. The highest BCUT2D eigenvalue weighted by atomic mass is 16.5. The molecule has 3 rings (SSSR count). The first kappa shape index (κ1) is 18.2. The highest BCUT2D eigenvalue weighted by molar-refractivity contribution is 5.80. The molecule has 2 fully saturated rings. The maximum Gasteiger partial charge on any atom is 0.193 e. The lowest BCUT2D eigenvalue weighted by molar-refractivity contribution is -0.00807. The van der Waals surface area contributed by atoms with E-state index < -0.39 is 0 Å². The number of hydrogen-bond acceptors (Lipinski definition) is 4. The van der Waals surface area contributed by atoms with E-state index in [0.717, 1.165) is 37.1 Å². The van der Waals surface area contributed by atoms with Crippen LogP contribution in [0.15, 0.2) is 17.4 Å². The Balaban J connectivity index is 1.51. The molecule has 2 atom stereocenters. The summed E-state index contributed by atoms with van der Waals surface area (Å²) in [6.07, 6.45) is 6.51. The Morgan fingerprint density at radius 3 is 3.00 bits per heavy atom. The van der Waals surface area contributed by atoms with Gasteiger partial charge in [0.1, 0.15) is 6.10 Å². The highest BCUT2D eigenvalue weighted by Crippen LogP contribution is 2.22. The number of guanidine groups is 1.